The third-order valence-corrected chi connectivity index (χ3v) is 3.66. The van der Waals surface area contributed by atoms with Gasteiger partial charge in [0.15, 0.2) is 0 Å². The first-order chi connectivity index (χ1) is 8.15. The van der Waals surface area contributed by atoms with E-state index < -0.39 is 0 Å². The van der Waals surface area contributed by atoms with Crippen molar-refractivity contribution in [3.63, 3.8) is 0 Å². The van der Waals surface area contributed by atoms with Crippen LogP contribution in [0.15, 0.2) is 29.6 Å². The van der Waals surface area contributed by atoms with Crippen molar-refractivity contribution in [2.24, 2.45) is 0 Å². The Balaban J connectivity index is 1.95. The highest BCUT2D eigenvalue weighted by Gasteiger charge is 2.06. The molecule has 0 bridgehead atoms. The lowest BCUT2D eigenvalue weighted by molar-refractivity contribution is 0.569. The van der Waals surface area contributed by atoms with Crippen LogP contribution < -0.4 is 5.32 Å². The molecule has 2 aromatic rings. The zero-order chi connectivity index (χ0) is 12.3. The first-order valence-corrected chi connectivity index (χ1v) is 6.81. The number of hydrogen-bond donors (Lipinski definition) is 1. The summed E-state index contributed by atoms with van der Waals surface area (Å²) in [7, 11) is 0. The van der Waals surface area contributed by atoms with Crippen LogP contribution >= 0.6 is 22.9 Å². The molecule has 1 aromatic heterocycles. The van der Waals surface area contributed by atoms with Gasteiger partial charge in [-0.15, -0.1) is 11.3 Å². The van der Waals surface area contributed by atoms with Gasteiger partial charge in [-0.3, -0.25) is 0 Å². The van der Waals surface area contributed by atoms with Crippen molar-refractivity contribution >= 4 is 22.9 Å². The molecule has 0 fully saturated rings. The second-order valence-corrected chi connectivity index (χ2v) is 5.51. The molecule has 0 aliphatic carbocycles. The molecule has 1 unspecified atom stereocenters. The summed E-state index contributed by atoms with van der Waals surface area (Å²) >= 11 is 7.65. The summed E-state index contributed by atoms with van der Waals surface area (Å²) in [6.45, 7) is 4.94. The highest BCUT2D eigenvalue weighted by molar-refractivity contribution is 7.09. The largest absolute Gasteiger partial charge is 0.305 e. The summed E-state index contributed by atoms with van der Waals surface area (Å²) in [5.41, 5.74) is 2.30. The molecule has 0 aliphatic rings. The summed E-state index contributed by atoms with van der Waals surface area (Å²) in [4.78, 5) is 4.42. The SMILES string of the molecule is Cc1nc(CNC(C)c2cccc(Cl)c2)cs1. The molecule has 2 nitrogen and oxygen atoms in total. The fourth-order valence-electron chi connectivity index (χ4n) is 1.64. The van der Waals surface area contributed by atoms with Gasteiger partial charge in [0, 0.05) is 23.0 Å². The molecule has 0 spiro atoms. The number of rotatable bonds is 4. The van der Waals surface area contributed by atoms with Crippen LogP contribution in [0.25, 0.3) is 0 Å². The van der Waals surface area contributed by atoms with Crippen molar-refractivity contribution in [1.82, 2.24) is 10.3 Å². The van der Waals surface area contributed by atoms with E-state index in [2.05, 4.69) is 28.7 Å². The van der Waals surface area contributed by atoms with Gasteiger partial charge in [0.25, 0.3) is 0 Å². The summed E-state index contributed by atoms with van der Waals surface area (Å²) in [5.74, 6) is 0. The maximum Gasteiger partial charge on any atom is 0.0897 e. The summed E-state index contributed by atoms with van der Waals surface area (Å²) in [6.07, 6.45) is 0. The summed E-state index contributed by atoms with van der Waals surface area (Å²) < 4.78 is 0. The van der Waals surface area contributed by atoms with E-state index in [1.165, 1.54) is 5.56 Å². The zero-order valence-electron chi connectivity index (χ0n) is 9.90. The minimum atomic E-state index is 0.274. The lowest BCUT2D eigenvalue weighted by atomic mass is 10.1. The molecule has 2 rings (SSSR count). The molecule has 0 radical (unpaired) electrons. The van der Waals surface area contributed by atoms with Gasteiger partial charge in [-0.1, -0.05) is 23.7 Å². The topological polar surface area (TPSA) is 24.9 Å². The van der Waals surface area contributed by atoms with E-state index in [-0.39, 0.29) is 6.04 Å². The van der Waals surface area contributed by atoms with Crippen LogP contribution in [0, 0.1) is 6.92 Å². The second kappa shape index (κ2) is 5.63. The molecule has 0 amide bonds. The number of hydrogen-bond acceptors (Lipinski definition) is 3. The van der Waals surface area contributed by atoms with E-state index in [1.807, 2.05) is 25.1 Å². The normalized spacial score (nSPS) is 12.6. The Hall–Kier alpha value is -0.900. The minimum absolute atomic E-state index is 0.274. The smallest absolute Gasteiger partial charge is 0.0897 e. The van der Waals surface area contributed by atoms with E-state index in [9.17, 15) is 0 Å². The Morgan fingerprint density at radius 1 is 1.47 bits per heavy atom. The van der Waals surface area contributed by atoms with Crippen molar-refractivity contribution in [3.05, 3.63) is 50.9 Å². The summed E-state index contributed by atoms with van der Waals surface area (Å²) in [6, 6.07) is 8.21. The van der Waals surface area contributed by atoms with Crippen LogP contribution in [0.1, 0.15) is 29.2 Å². The van der Waals surface area contributed by atoms with Crippen LogP contribution in [0.2, 0.25) is 5.02 Å². The lowest BCUT2D eigenvalue weighted by Crippen LogP contribution is -2.18. The first kappa shape index (κ1) is 12.6. The van der Waals surface area contributed by atoms with E-state index in [0.717, 1.165) is 22.3 Å². The first-order valence-electron chi connectivity index (χ1n) is 5.55. The number of benzene rings is 1. The third kappa shape index (κ3) is 3.53. The Labute approximate surface area is 111 Å². The van der Waals surface area contributed by atoms with E-state index in [4.69, 9.17) is 11.6 Å². The second-order valence-electron chi connectivity index (χ2n) is 4.02. The molecular formula is C13H15ClN2S. The molecule has 4 heteroatoms. The van der Waals surface area contributed by atoms with Crippen LogP contribution in [0.5, 0.6) is 0 Å². The lowest BCUT2D eigenvalue weighted by Gasteiger charge is -2.13. The quantitative estimate of drug-likeness (QED) is 0.906. The molecule has 0 saturated heterocycles. The Bertz CT molecular complexity index is 496. The van der Waals surface area contributed by atoms with E-state index in [1.54, 1.807) is 11.3 Å². The zero-order valence-corrected chi connectivity index (χ0v) is 11.5. The third-order valence-electron chi connectivity index (χ3n) is 2.60. The molecular weight excluding hydrogens is 252 g/mol. The highest BCUT2D eigenvalue weighted by Crippen LogP contribution is 2.18. The highest BCUT2D eigenvalue weighted by atomic mass is 35.5. The maximum absolute atomic E-state index is 5.97. The van der Waals surface area contributed by atoms with Gasteiger partial charge in [0.2, 0.25) is 0 Å². The van der Waals surface area contributed by atoms with E-state index in [0.29, 0.717) is 0 Å². The predicted molar refractivity (Wildman–Crippen MR) is 73.6 cm³/mol. The molecule has 1 heterocycles. The summed E-state index contributed by atoms with van der Waals surface area (Å²) in [5, 5.41) is 7.42. The monoisotopic (exact) mass is 266 g/mol. The van der Waals surface area contributed by atoms with Crippen LogP contribution in [0.4, 0.5) is 0 Å². The number of nitrogens with zero attached hydrogens (tertiary/aromatic N) is 1. The molecule has 1 aromatic carbocycles. The number of halogens is 1. The van der Waals surface area contributed by atoms with Crippen molar-refractivity contribution in [1.29, 1.82) is 0 Å². The van der Waals surface area contributed by atoms with Crippen molar-refractivity contribution in [2.75, 3.05) is 0 Å². The Morgan fingerprint density at radius 2 is 2.29 bits per heavy atom. The Kier molecular flexibility index (Phi) is 4.15. The predicted octanol–water partition coefficient (Wildman–Crippen LogP) is 3.96. The van der Waals surface area contributed by atoms with Crippen molar-refractivity contribution < 1.29 is 0 Å². The van der Waals surface area contributed by atoms with Gasteiger partial charge < -0.3 is 5.32 Å². The van der Waals surface area contributed by atoms with E-state index >= 15 is 0 Å². The fourth-order valence-corrected chi connectivity index (χ4v) is 2.45. The van der Waals surface area contributed by atoms with Crippen LogP contribution in [-0.4, -0.2) is 4.98 Å². The molecule has 1 atom stereocenters. The molecule has 1 N–H and O–H groups in total. The number of nitrogens with one attached hydrogen (secondary N) is 1. The molecule has 90 valence electrons. The number of aryl methyl sites for hydroxylation is 1. The van der Waals surface area contributed by atoms with Crippen LogP contribution in [-0.2, 0) is 6.54 Å². The van der Waals surface area contributed by atoms with Gasteiger partial charge in [-0.05, 0) is 31.5 Å². The molecule has 17 heavy (non-hydrogen) atoms. The fraction of sp³-hybridized carbons (Fsp3) is 0.308. The standard InChI is InChI=1S/C13H15ClN2S/c1-9(11-4-3-5-12(14)6-11)15-7-13-8-17-10(2)16-13/h3-6,8-9,15H,7H2,1-2H3. The van der Waals surface area contributed by atoms with Crippen LogP contribution in [0.3, 0.4) is 0 Å². The molecule has 0 aliphatic heterocycles. The average Bonchev–Trinajstić information content (AvgIpc) is 2.72. The number of thiazole rings is 1. The van der Waals surface area contributed by atoms with Gasteiger partial charge in [0.1, 0.15) is 0 Å². The van der Waals surface area contributed by atoms with Crippen molar-refractivity contribution in [3.8, 4) is 0 Å². The Morgan fingerprint density at radius 3 is 2.94 bits per heavy atom. The number of aromatic nitrogens is 1. The van der Waals surface area contributed by atoms with Crippen molar-refractivity contribution in [2.45, 2.75) is 26.4 Å². The molecule has 0 saturated carbocycles. The van der Waals surface area contributed by atoms with Gasteiger partial charge in [-0.2, -0.15) is 0 Å². The average molecular weight is 267 g/mol. The maximum atomic E-state index is 5.97. The van der Waals surface area contributed by atoms with Gasteiger partial charge in [0.05, 0.1) is 10.7 Å². The minimum Gasteiger partial charge on any atom is -0.305 e. The van der Waals surface area contributed by atoms with Gasteiger partial charge >= 0.3 is 0 Å². The van der Waals surface area contributed by atoms with Gasteiger partial charge in [-0.25, -0.2) is 4.98 Å².